The third-order valence-electron chi connectivity index (χ3n) is 4.71. The molecule has 0 atom stereocenters. The van der Waals surface area contributed by atoms with Crippen LogP contribution in [-0.4, -0.2) is 53.7 Å². The third kappa shape index (κ3) is 3.40. The molecule has 138 valence electrons. The fourth-order valence-electron chi connectivity index (χ4n) is 3.44. The Hall–Kier alpha value is -3.22. The summed E-state index contributed by atoms with van der Waals surface area (Å²) in [7, 11) is 0. The molecular weight excluding hydrogens is 342 g/mol. The summed E-state index contributed by atoms with van der Waals surface area (Å²) in [5.41, 5.74) is 2.29. The molecule has 7 heteroatoms. The number of carbonyl (C=O) groups excluding carboxylic acids is 1. The molecule has 0 spiro atoms. The molecular formula is C20H21N5O2. The summed E-state index contributed by atoms with van der Waals surface area (Å²) >= 11 is 0. The lowest BCUT2D eigenvalue weighted by Crippen LogP contribution is -2.47. The van der Waals surface area contributed by atoms with E-state index in [0.29, 0.717) is 12.2 Å². The Morgan fingerprint density at radius 1 is 1.04 bits per heavy atom. The van der Waals surface area contributed by atoms with Crippen molar-refractivity contribution in [2.75, 3.05) is 42.6 Å². The van der Waals surface area contributed by atoms with E-state index in [4.69, 9.17) is 4.74 Å². The van der Waals surface area contributed by atoms with Crippen LogP contribution in [0.15, 0.2) is 49.1 Å². The first-order valence-electron chi connectivity index (χ1n) is 9.08. The van der Waals surface area contributed by atoms with Gasteiger partial charge in [-0.1, -0.05) is 18.2 Å². The number of anilines is 2. The minimum Gasteiger partial charge on any atom is -0.462 e. The summed E-state index contributed by atoms with van der Waals surface area (Å²) < 4.78 is 5.26. The molecule has 0 N–H and O–H groups in total. The molecule has 0 amide bonds. The average Bonchev–Trinajstić information content (AvgIpc) is 2.74. The molecule has 27 heavy (non-hydrogen) atoms. The Labute approximate surface area is 157 Å². The van der Waals surface area contributed by atoms with Crippen LogP contribution in [0.4, 0.5) is 11.5 Å². The quantitative estimate of drug-likeness (QED) is 0.660. The topological polar surface area (TPSA) is 71.5 Å². The maximum atomic E-state index is 12.5. The molecule has 1 aromatic carbocycles. The number of pyridine rings is 1. The largest absolute Gasteiger partial charge is 0.462 e. The Morgan fingerprint density at radius 3 is 2.56 bits per heavy atom. The van der Waals surface area contributed by atoms with Gasteiger partial charge in [0.15, 0.2) is 0 Å². The van der Waals surface area contributed by atoms with Crippen LogP contribution in [0.5, 0.6) is 0 Å². The van der Waals surface area contributed by atoms with Crippen LogP contribution >= 0.6 is 0 Å². The van der Waals surface area contributed by atoms with E-state index >= 15 is 0 Å². The number of aromatic nitrogens is 3. The van der Waals surface area contributed by atoms with Gasteiger partial charge in [-0.15, -0.1) is 0 Å². The zero-order valence-electron chi connectivity index (χ0n) is 15.2. The average molecular weight is 363 g/mol. The predicted molar refractivity (Wildman–Crippen MR) is 104 cm³/mol. The van der Waals surface area contributed by atoms with E-state index in [0.717, 1.165) is 48.6 Å². The molecule has 1 fully saturated rings. The predicted octanol–water partition coefficient (Wildman–Crippen LogP) is 2.53. The number of carbonyl (C=O) groups is 1. The fraction of sp³-hybridized carbons (Fsp3) is 0.300. The maximum absolute atomic E-state index is 12.5. The number of rotatable bonds is 4. The number of fused-ring (bicyclic) bond motifs is 1. The monoisotopic (exact) mass is 363 g/mol. The van der Waals surface area contributed by atoms with Gasteiger partial charge in [-0.25, -0.2) is 9.78 Å². The van der Waals surface area contributed by atoms with Gasteiger partial charge in [0, 0.05) is 50.2 Å². The molecule has 0 bridgehead atoms. The second-order valence-electron chi connectivity index (χ2n) is 6.30. The zero-order chi connectivity index (χ0) is 18.6. The Balaban J connectivity index is 1.66. The molecule has 4 rings (SSSR count). The van der Waals surface area contributed by atoms with Crippen molar-refractivity contribution in [2.45, 2.75) is 6.92 Å². The summed E-state index contributed by atoms with van der Waals surface area (Å²) in [6.07, 6.45) is 6.79. The summed E-state index contributed by atoms with van der Waals surface area (Å²) in [5, 5.41) is 0.969. The lowest BCUT2D eigenvalue weighted by atomic mass is 10.1. The van der Waals surface area contributed by atoms with E-state index in [2.05, 4.69) is 24.8 Å². The standard InChI is InChI=1S/C20H21N5O2/c1-2-27-20(26)16-13-23-17-6-4-3-5-15(17)19(16)25-11-9-24(10-12-25)18-14-21-7-8-22-18/h3-8,13-14H,2,9-12H2,1H3. The first kappa shape index (κ1) is 17.2. The molecule has 0 radical (unpaired) electrons. The Kier molecular flexibility index (Phi) is 4.82. The normalized spacial score (nSPS) is 14.4. The van der Waals surface area contributed by atoms with Crippen LogP contribution in [0.3, 0.4) is 0 Å². The Bertz CT molecular complexity index is 940. The van der Waals surface area contributed by atoms with Crippen LogP contribution in [0.1, 0.15) is 17.3 Å². The summed E-state index contributed by atoms with van der Waals surface area (Å²) in [5.74, 6) is 0.546. The number of ether oxygens (including phenoxy) is 1. The van der Waals surface area contributed by atoms with Crippen molar-refractivity contribution < 1.29 is 9.53 Å². The van der Waals surface area contributed by atoms with E-state index in [1.54, 1.807) is 24.8 Å². The van der Waals surface area contributed by atoms with Crippen LogP contribution in [-0.2, 0) is 4.74 Å². The molecule has 1 saturated heterocycles. The molecule has 1 aliphatic rings. The van der Waals surface area contributed by atoms with Crippen molar-refractivity contribution >= 4 is 28.4 Å². The fourth-order valence-corrected chi connectivity index (χ4v) is 3.44. The van der Waals surface area contributed by atoms with E-state index in [1.807, 2.05) is 31.2 Å². The first-order valence-corrected chi connectivity index (χ1v) is 9.08. The minimum atomic E-state index is -0.331. The highest BCUT2D eigenvalue weighted by atomic mass is 16.5. The highest BCUT2D eigenvalue weighted by Crippen LogP contribution is 2.31. The number of hydrogen-bond acceptors (Lipinski definition) is 7. The second kappa shape index (κ2) is 7.57. The van der Waals surface area contributed by atoms with Crippen molar-refractivity contribution in [3.05, 3.63) is 54.6 Å². The lowest BCUT2D eigenvalue weighted by Gasteiger charge is -2.37. The van der Waals surface area contributed by atoms with Crippen molar-refractivity contribution in [3.8, 4) is 0 Å². The van der Waals surface area contributed by atoms with Gasteiger partial charge in [0.1, 0.15) is 11.4 Å². The van der Waals surface area contributed by atoms with Gasteiger partial charge in [0.2, 0.25) is 0 Å². The number of hydrogen-bond donors (Lipinski definition) is 0. The number of para-hydroxylation sites is 1. The lowest BCUT2D eigenvalue weighted by molar-refractivity contribution is 0.0527. The first-order chi connectivity index (χ1) is 13.3. The van der Waals surface area contributed by atoms with Crippen LogP contribution < -0.4 is 9.80 Å². The van der Waals surface area contributed by atoms with E-state index in [9.17, 15) is 4.79 Å². The van der Waals surface area contributed by atoms with Gasteiger partial charge in [0.25, 0.3) is 0 Å². The summed E-state index contributed by atoms with van der Waals surface area (Å²) in [6, 6.07) is 7.90. The number of esters is 1. The van der Waals surface area contributed by atoms with E-state index in [1.165, 1.54) is 0 Å². The molecule has 0 saturated carbocycles. The maximum Gasteiger partial charge on any atom is 0.341 e. The van der Waals surface area contributed by atoms with Crippen molar-refractivity contribution in [1.29, 1.82) is 0 Å². The van der Waals surface area contributed by atoms with Gasteiger partial charge >= 0.3 is 5.97 Å². The van der Waals surface area contributed by atoms with Gasteiger partial charge < -0.3 is 14.5 Å². The van der Waals surface area contributed by atoms with Gasteiger partial charge in [-0.05, 0) is 13.0 Å². The number of nitrogens with zero attached hydrogens (tertiary/aromatic N) is 5. The zero-order valence-corrected chi connectivity index (χ0v) is 15.2. The molecule has 7 nitrogen and oxygen atoms in total. The molecule has 1 aliphatic heterocycles. The second-order valence-corrected chi connectivity index (χ2v) is 6.30. The molecule has 3 aromatic rings. The Morgan fingerprint density at radius 2 is 1.81 bits per heavy atom. The van der Waals surface area contributed by atoms with Crippen LogP contribution in [0, 0.1) is 0 Å². The molecule has 3 heterocycles. The van der Waals surface area contributed by atoms with Gasteiger partial charge in [-0.3, -0.25) is 9.97 Å². The third-order valence-corrected chi connectivity index (χ3v) is 4.71. The summed E-state index contributed by atoms with van der Waals surface area (Å²) in [6.45, 7) is 5.31. The van der Waals surface area contributed by atoms with E-state index < -0.39 is 0 Å². The van der Waals surface area contributed by atoms with Gasteiger partial charge in [-0.2, -0.15) is 0 Å². The van der Waals surface area contributed by atoms with E-state index in [-0.39, 0.29) is 5.97 Å². The van der Waals surface area contributed by atoms with Gasteiger partial charge in [0.05, 0.1) is 24.0 Å². The minimum absolute atomic E-state index is 0.331. The number of piperazine rings is 1. The van der Waals surface area contributed by atoms with Crippen molar-refractivity contribution in [1.82, 2.24) is 15.0 Å². The van der Waals surface area contributed by atoms with Crippen molar-refractivity contribution in [2.24, 2.45) is 0 Å². The van der Waals surface area contributed by atoms with Crippen LogP contribution in [0.25, 0.3) is 10.9 Å². The van der Waals surface area contributed by atoms with Crippen molar-refractivity contribution in [3.63, 3.8) is 0 Å². The molecule has 0 unspecified atom stereocenters. The number of benzene rings is 1. The molecule has 2 aromatic heterocycles. The highest BCUT2D eigenvalue weighted by molar-refractivity contribution is 6.05. The highest BCUT2D eigenvalue weighted by Gasteiger charge is 2.25. The smallest absolute Gasteiger partial charge is 0.341 e. The molecule has 0 aliphatic carbocycles. The SMILES string of the molecule is CCOC(=O)c1cnc2ccccc2c1N1CCN(c2cnccn2)CC1. The summed E-state index contributed by atoms with van der Waals surface area (Å²) in [4.78, 5) is 29.9. The van der Waals surface area contributed by atoms with Crippen LogP contribution in [0.2, 0.25) is 0 Å².